The van der Waals surface area contributed by atoms with Gasteiger partial charge in [-0.1, -0.05) is 25.1 Å². The minimum Gasteiger partial charge on any atom is -0.386 e. The van der Waals surface area contributed by atoms with Crippen LogP contribution in [0.25, 0.3) is 0 Å². The summed E-state index contributed by atoms with van der Waals surface area (Å²) >= 11 is 0. The molecule has 1 rings (SSSR count). The van der Waals surface area contributed by atoms with Crippen LogP contribution in [0.15, 0.2) is 24.3 Å². The number of carbonyl (C=O) groups is 1. The van der Waals surface area contributed by atoms with E-state index in [2.05, 4.69) is 5.32 Å². The molecule has 0 bridgehead atoms. The van der Waals surface area contributed by atoms with E-state index in [9.17, 15) is 14.3 Å². The van der Waals surface area contributed by atoms with E-state index in [0.29, 0.717) is 0 Å². The third kappa shape index (κ3) is 5.14. The summed E-state index contributed by atoms with van der Waals surface area (Å²) in [6.07, 6.45) is -1.06. The molecule has 1 aromatic rings. The Morgan fingerprint density at radius 3 is 2.53 bits per heavy atom. The summed E-state index contributed by atoms with van der Waals surface area (Å²) in [6.45, 7) is 3.41. The second-order valence-electron chi connectivity index (χ2n) is 4.43. The fraction of sp³-hybridized carbons (Fsp3) is 0.462. The lowest BCUT2D eigenvalue weighted by Gasteiger charge is -2.17. The van der Waals surface area contributed by atoms with Crippen LogP contribution in [-0.4, -0.2) is 23.6 Å². The van der Waals surface area contributed by atoms with Crippen LogP contribution in [0.3, 0.4) is 0 Å². The summed E-state index contributed by atoms with van der Waals surface area (Å²) in [7, 11) is 0. The Bertz CT molecular complexity index is 415. The summed E-state index contributed by atoms with van der Waals surface area (Å²) in [5, 5.41) is 12.3. The quantitative estimate of drug-likeness (QED) is 0.767. The zero-order valence-corrected chi connectivity index (χ0v) is 11.8. The molecule has 4 N–H and O–H groups in total. The van der Waals surface area contributed by atoms with Gasteiger partial charge >= 0.3 is 0 Å². The summed E-state index contributed by atoms with van der Waals surface area (Å²) in [4.78, 5) is 11.6. The predicted octanol–water partition coefficient (Wildman–Crippen LogP) is 1.38. The summed E-state index contributed by atoms with van der Waals surface area (Å²) in [5.41, 5.74) is 5.77. The first-order valence-electron chi connectivity index (χ1n) is 5.89. The van der Waals surface area contributed by atoms with Crippen molar-refractivity contribution in [2.75, 3.05) is 6.54 Å². The van der Waals surface area contributed by atoms with E-state index in [0.717, 1.165) is 0 Å². The molecule has 4 nitrogen and oxygen atoms in total. The van der Waals surface area contributed by atoms with E-state index < -0.39 is 11.9 Å². The van der Waals surface area contributed by atoms with E-state index in [1.807, 2.05) is 0 Å². The molecule has 0 aliphatic heterocycles. The van der Waals surface area contributed by atoms with Crippen molar-refractivity contribution in [3.05, 3.63) is 35.6 Å². The first kappa shape index (κ1) is 17.8. The highest BCUT2D eigenvalue weighted by molar-refractivity contribution is 5.85. The molecular weight excluding hydrogens is 271 g/mol. The number of nitrogens with one attached hydrogen (secondary N) is 1. The molecule has 108 valence electrons. The fourth-order valence-corrected chi connectivity index (χ4v) is 1.45. The molecule has 0 aromatic heterocycles. The third-order valence-corrected chi connectivity index (χ3v) is 2.94. The van der Waals surface area contributed by atoms with Crippen LogP contribution in [-0.2, 0) is 4.79 Å². The Kier molecular flexibility index (Phi) is 7.59. The highest BCUT2D eigenvalue weighted by Crippen LogP contribution is 2.15. The fourth-order valence-electron chi connectivity index (χ4n) is 1.45. The van der Waals surface area contributed by atoms with Gasteiger partial charge in [0.2, 0.25) is 5.91 Å². The number of carbonyl (C=O) groups excluding carboxylic acids is 1. The summed E-state index contributed by atoms with van der Waals surface area (Å²) < 4.78 is 13.4. The second kappa shape index (κ2) is 8.09. The van der Waals surface area contributed by atoms with Gasteiger partial charge in [0.15, 0.2) is 0 Å². The van der Waals surface area contributed by atoms with Crippen molar-refractivity contribution in [1.82, 2.24) is 5.32 Å². The Labute approximate surface area is 118 Å². The maximum absolute atomic E-state index is 13.4. The number of halogens is 2. The average molecular weight is 291 g/mol. The van der Waals surface area contributed by atoms with Crippen LogP contribution < -0.4 is 11.1 Å². The zero-order valence-electron chi connectivity index (χ0n) is 11.0. The molecule has 0 radical (unpaired) electrons. The van der Waals surface area contributed by atoms with Crippen molar-refractivity contribution >= 4 is 18.3 Å². The first-order chi connectivity index (χ1) is 8.43. The van der Waals surface area contributed by atoms with Crippen molar-refractivity contribution < 1.29 is 14.3 Å². The SMILES string of the molecule is CC(N)C(C)C(=O)NCC(O)c1ccccc1F.Cl. The number of aliphatic hydroxyl groups excluding tert-OH is 1. The minimum absolute atomic E-state index is 0. The molecule has 3 unspecified atom stereocenters. The van der Waals surface area contributed by atoms with Gasteiger partial charge in [0.1, 0.15) is 5.82 Å². The molecule has 0 aliphatic rings. The Hall–Kier alpha value is -1.17. The van der Waals surface area contributed by atoms with Gasteiger partial charge in [-0.05, 0) is 13.0 Å². The number of hydrogen-bond donors (Lipinski definition) is 3. The van der Waals surface area contributed by atoms with Crippen molar-refractivity contribution in [2.24, 2.45) is 11.7 Å². The Balaban J connectivity index is 0.00000324. The zero-order chi connectivity index (χ0) is 13.7. The van der Waals surface area contributed by atoms with Crippen molar-refractivity contribution in [3.63, 3.8) is 0 Å². The third-order valence-electron chi connectivity index (χ3n) is 2.94. The Morgan fingerprint density at radius 1 is 1.42 bits per heavy atom. The van der Waals surface area contributed by atoms with E-state index in [-0.39, 0.29) is 42.4 Å². The number of amides is 1. The van der Waals surface area contributed by atoms with Gasteiger partial charge in [0.25, 0.3) is 0 Å². The highest BCUT2D eigenvalue weighted by Gasteiger charge is 2.19. The first-order valence-corrected chi connectivity index (χ1v) is 5.89. The number of hydrogen-bond acceptors (Lipinski definition) is 3. The van der Waals surface area contributed by atoms with Crippen LogP contribution >= 0.6 is 12.4 Å². The van der Waals surface area contributed by atoms with Gasteiger partial charge in [-0.2, -0.15) is 0 Å². The Morgan fingerprint density at radius 2 is 2.00 bits per heavy atom. The molecule has 0 fully saturated rings. The molecule has 3 atom stereocenters. The molecule has 0 aliphatic carbocycles. The van der Waals surface area contributed by atoms with E-state index in [4.69, 9.17) is 5.73 Å². The van der Waals surface area contributed by atoms with Gasteiger partial charge < -0.3 is 16.2 Å². The number of rotatable bonds is 5. The molecule has 0 saturated heterocycles. The second-order valence-corrected chi connectivity index (χ2v) is 4.43. The lowest BCUT2D eigenvalue weighted by atomic mass is 10.0. The van der Waals surface area contributed by atoms with Crippen LogP contribution in [0.2, 0.25) is 0 Å². The molecule has 1 aromatic carbocycles. The summed E-state index contributed by atoms with van der Waals surface area (Å²) in [5.74, 6) is -1.09. The molecular formula is C13H20ClFN2O2. The normalized spacial score (nSPS) is 15.0. The highest BCUT2D eigenvalue weighted by atomic mass is 35.5. The molecule has 0 saturated carbocycles. The predicted molar refractivity (Wildman–Crippen MR) is 74.4 cm³/mol. The van der Waals surface area contributed by atoms with Gasteiger partial charge in [-0.15, -0.1) is 12.4 Å². The summed E-state index contributed by atoms with van der Waals surface area (Å²) in [6, 6.07) is 5.67. The van der Waals surface area contributed by atoms with Gasteiger partial charge in [0, 0.05) is 24.1 Å². The number of aliphatic hydroxyl groups is 1. The van der Waals surface area contributed by atoms with Crippen molar-refractivity contribution in [1.29, 1.82) is 0 Å². The number of benzene rings is 1. The molecule has 0 heterocycles. The maximum Gasteiger partial charge on any atom is 0.224 e. The van der Waals surface area contributed by atoms with Crippen LogP contribution in [0.1, 0.15) is 25.5 Å². The maximum atomic E-state index is 13.4. The monoisotopic (exact) mass is 290 g/mol. The number of nitrogens with two attached hydrogens (primary N) is 1. The van der Waals surface area contributed by atoms with E-state index >= 15 is 0 Å². The van der Waals surface area contributed by atoms with Gasteiger partial charge in [0.05, 0.1) is 6.10 Å². The smallest absolute Gasteiger partial charge is 0.224 e. The molecule has 1 amide bonds. The minimum atomic E-state index is -1.06. The molecule has 6 heteroatoms. The van der Waals surface area contributed by atoms with Gasteiger partial charge in [-0.25, -0.2) is 4.39 Å². The topological polar surface area (TPSA) is 75.4 Å². The van der Waals surface area contributed by atoms with Crippen molar-refractivity contribution in [2.45, 2.75) is 26.0 Å². The van der Waals surface area contributed by atoms with E-state index in [1.165, 1.54) is 12.1 Å². The molecule has 0 spiro atoms. The van der Waals surface area contributed by atoms with Crippen molar-refractivity contribution in [3.8, 4) is 0 Å². The van der Waals surface area contributed by atoms with Crippen LogP contribution in [0.4, 0.5) is 4.39 Å². The largest absolute Gasteiger partial charge is 0.386 e. The molecule has 19 heavy (non-hydrogen) atoms. The standard InChI is InChI=1S/C13H19FN2O2.ClH/c1-8(9(2)15)13(18)16-7-12(17)10-5-3-4-6-11(10)14;/h3-6,8-9,12,17H,7,15H2,1-2H3,(H,16,18);1H. The van der Waals surface area contributed by atoms with E-state index in [1.54, 1.807) is 26.0 Å². The van der Waals surface area contributed by atoms with Crippen LogP contribution in [0, 0.1) is 11.7 Å². The lowest BCUT2D eigenvalue weighted by molar-refractivity contribution is -0.125. The average Bonchev–Trinajstić information content (AvgIpc) is 2.35. The lowest BCUT2D eigenvalue weighted by Crippen LogP contribution is -2.40. The van der Waals surface area contributed by atoms with Gasteiger partial charge in [-0.3, -0.25) is 4.79 Å². The van der Waals surface area contributed by atoms with Crippen LogP contribution in [0.5, 0.6) is 0 Å².